The van der Waals surface area contributed by atoms with Crippen molar-refractivity contribution in [2.75, 3.05) is 6.54 Å². The molecule has 3 atom stereocenters. The Morgan fingerprint density at radius 3 is 2.71 bits per heavy atom. The van der Waals surface area contributed by atoms with Gasteiger partial charge in [-0.05, 0) is 56.7 Å². The van der Waals surface area contributed by atoms with Gasteiger partial charge in [-0.3, -0.25) is 4.98 Å². The Morgan fingerprint density at radius 1 is 1.29 bits per heavy atom. The molecule has 21 heavy (non-hydrogen) atoms. The van der Waals surface area contributed by atoms with Gasteiger partial charge in [0.1, 0.15) is 5.75 Å². The van der Waals surface area contributed by atoms with Crippen molar-refractivity contribution in [2.24, 2.45) is 11.8 Å². The number of nitrogens with zero attached hydrogens (tertiary/aromatic N) is 1. The molecule has 1 saturated carbocycles. The van der Waals surface area contributed by atoms with Gasteiger partial charge >= 0.3 is 0 Å². The number of ether oxygens (including phenoxy) is 1. The van der Waals surface area contributed by atoms with Crippen LogP contribution in [0.25, 0.3) is 0 Å². The average molecular weight is 290 g/mol. The predicted octanol–water partition coefficient (Wildman–Crippen LogP) is 4.35. The number of hydrogen-bond acceptors (Lipinski definition) is 3. The minimum atomic E-state index is 0.190. The van der Waals surface area contributed by atoms with E-state index in [9.17, 15) is 0 Å². The molecule has 3 heteroatoms. The molecule has 1 aliphatic rings. The minimum absolute atomic E-state index is 0.190. The van der Waals surface area contributed by atoms with E-state index in [1.54, 1.807) is 0 Å². The highest BCUT2D eigenvalue weighted by Gasteiger charge is 2.30. The topological polar surface area (TPSA) is 34.2 Å². The van der Waals surface area contributed by atoms with Crippen LogP contribution in [-0.4, -0.2) is 17.6 Å². The second-order valence-corrected chi connectivity index (χ2v) is 6.50. The lowest BCUT2D eigenvalue weighted by Crippen LogP contribution is -2.27. The van der Waals surface area contributed by atoms with Gasteiger partial charge in [-0.25, -0.2) is 0 Å². The molecule has 0 aliphatic heterocycles. The van der Waals surface area contributed by atoms with Crippen molar-refractivity contribution < 1.29 is 4.74 Å². The molecule has 0 amide bonds. The van der Waals surface area contributed by atoms with E-state index in [-0.39, 0.29) is 6.10 Å². The molecule has 0 radical (unpaired) electrons. The summed E-state index contributed by atoms with van der Waals surface area (Å²) in [6, 6.07) is 2.58. The van der Waals surface area contributed by atoms with Crippen molar-refractivity contribution in [3.05, 3.63) is 24.0 Å². The first kappa shape index (κ1) is 16.3. The van der Waals surface area contributed by atoms with Gasteiger partial charge in [-0.15, -0.1) is 0 Å². The molecule has 0 bridgehead atoms. The lowest BCUT2D eigenvalue weighted by atomic mass is 9.91. The van der Waals surface area contributed by atoms with Crippen molar-refractivity contribution in [1.29, 1.82) is 0 Å². The van der Waals surface area contributed by atoms with Crippen molar-refractivity contribution in [1.82, 2.24) is 10.3 Å². The molecule has 3 unspecified atom stereocenters. The molecule has 1 N–H and O–H groups in total. The lowest BCUT2D eigenvalue weighted by molar-refractivity contribution is 0.240. The molecule has 0 spiro atoms. The third kappa shape index (κ3) is 4.44. The zero-order chi connectivity index (χ0) is 15.2. The normalized spacial score (nSPS) is 23.5. The van der Waals surface area contributed by atoms with E-state index in [1.165, 1.54) is 31.2 Å². The summed E-state index contributed by atoms with van der Waals surface area (Å²) in [7, 11) is 0. The fourth-order valence-electron chi connectivity index (χ4n) is 3.51. The SMILES string of the molecule is CCNC(c1cncc(OC(C)C)c1)C1CCC(CC)C1. The number of hydrogen-bond donors (Lipinski definition) is 1. The van der Waals surface area contributed by atoms with E-state index >= 15 is 0 Å². The van der Waals surface area contributed by atoms with Crippen LogP contribution in [0.4, 0.5) is 0 Å². The van der Waals surface area contributed by atoms with Crippen LogP contribution < -0.4 is 10.1 Å². The van der Waals surface area contributed by atoms with Gasteiger partial charge in [0.15, 0.2) is 0 Å². The molecule has 1 fully saturated rings. The van der Waals surface area contributed by atoms with Gasteiger partial charge in [-0.2, -0.15) is 0 Å². The van der Waals surface area contributed by atoms with Crippen LogP contribution >= 0.6 is 0 Å². The smallest absolute Gasteiger partial charge is 0.138 e. The van der Waals surface area contributed by atoms with E-state index in [4.69, 9.17) is 4.74 Å². The Labute approximate surface area is 129 Å². The van der Waals surface area contributed by atoms with Crippen LogP contribution in [0.5, 0.6) is 5.75 Å². The maximum Gasteiger partial charge on any atom is 0.138 e. The average Bonchev–Trinajstić information content (AvgIpc) is 2.93. The van der Waals surface area contributed by atoms with E-state index < -0.39 is 0 Å². The molecule has 1 aromatic rings. The molecule has 118 valence electrons. The number of nitrogens with one attached hydrogen (secondary N) is 1. The Hall–Kier alpha value is -1.09. The number of rotatable bonds is 7. The summed E-state index contributed by atoms with van der Waals surface area (Å²) in [4.78, 5) is 4.39. The summed E-state index contributed by atoms with van der Waals surface area (Å²) in [5.41, 5.74) is 1.27. The van der Waals surface area contributed by atoms with Gasteiger partial charge in [0.2, 0.25) is 0 Å². The molecule has 1 heterocycles. The van der Waals surface area contributed by atoms with Crippen LogP contribution in [0.1, 0.15) is 65.0 Å². The van der Waals surface area contributed by atoms with Gasteiger partial charge in [0.25, 0.3) is 0 Å². The van der Waals surface area contributed by atoms with Gasteiger partial charge in [0.05, 0.1) is 12.3 Å². The van der Waals surface area contributed by atoms with Gasteiger partial charge < -0.3 is 10.1 Å². The zero-order valence-electron chi connectivity index (χ0n) is 13.9. The first-order chi connectivity index (χ1) is 10.1. The third-order valence-electron chi connectivity index (χ3n) is 4.52. The molecule has 0 aromatic carbocycles. The second kappa shape index (κ2) is 7.79. The summed E-state index contributed by atoms with van der Waals surface area (Å²) < 4.78 is 5.80. The van der Waals surface area contributed by atoms with Crippen LogP contribution in [0.15, 0.2) is 18.5 Å². The minimum Gasteiger partial charge on any atom is -0.489 e. The number of aromatic nitrogens is 1. The summed E-state index contributed by atoms with van der Waals surface area (Å²) >= 11 is 0. The highest BCUT2D eigenvalue weighted by Crippen LogP contribution is 2.40. The summed E-state index contributed by atoms with van der Waals surface area (Å²) in [6.45, 7) is 9.59. The highest BCUT2D eigenvalue weighted by molar-refractivity contribution is 5.27. The second-order valence-electron chi connectivity index (χ2n) is 6.50. The number of pyridine rings is 1. The maximum absolute atomic E-state index is 5.80. The Bertz CT molecular complexity index is 433. The maximum atomic E-state index is 5.80. The van der Waals surface area contributed by atoms with E-state index in [1.807, 2.05) is 12.4 Å². The molecule has 1 aliphatic carbocycles. The van der Waals surface area contributed by atoms with Crippen molar-refractivity contribution >= 4 is 0 Å². The molecular formula is C18H30N2O. The van der Waals surface area contributed by atoms with Crippen molar-refractivity contribution in [3.63, 3.8) is 0 Å². The Kier molecular flexibility index (Phi) is 6.04. The fraction of sp³-hybridized carbons (Fsp3) is 0.722. The third-order valence-corrected chi connectivity index (χ3v) is 4.52. The fourth-order valence-corrected chi connectivity index (χ4v) is 3.51. The quantitative estimate of drug-likeness (QED) is 0.811. The summed E-state index contributed by atoms with van der Waals surface area (Å²) in [5, 5.41) is 3.67. The Morgan fingerprint density at radius 2 is 2.10 bits per heavy atom. The largest absolute Gasteiger partial charge is 0.489 e. The van der Waals surface area contributed by atoms with Crippen LogP contribution in [0.2, 0.25) is 0 Å². The molecule has 2 rings (SSSR count). The standard InChI is InChI=1S/C18H30N2O/c1-5-14-7-8-15(9-14)18(20-6-2)16-10-17(12-19-11-16)21-13(3)4/h10-15,18,20H,5-9H2,1-4H3. The van der Waals surface area contributed by atoms with Crippen molar-refractivity contribution in [2.45, 2.75) is 65.5 Å². The predicted molar refractivity (Wildman–Crippen MR) is 87.5 cm³/mol. The molecular weight excluding hydrogens is 260 g/mol. The molecule has 3 nitrogen and oxygen atoms in total. The zero-order valence-corrected chi connectivity index (χ0v) is 13.9. The van der Waals surface area contributed by atoms with Crippen LogP contribution in [-0.2, 0) is 0 Å². The summed E-state index contributed by atoms with van der Waals surface area (Å²) in [6.07, 6.45) is 9.35. The van der Waals surface area contributed by atoms with Crippen LogP contribution in [0.3, 0.4) is 0 Å². The monoisotopic (exact) mass is 290 g/mol. The first-order valence-corrected chi connectivity index (χ1v) is 8.49. The van der Waals surface area contributed by atoms with E-state index in [2.05, 4.69) is 44.1 Å². The highest BCUT2D eigenvalue weighted by atomic mass is 16.5. The summed E-state index contributed by atoms with van der Waals surface area (Å²) in [5.74, 6) is 2.51. The Balaban J connectivity index is 2.14. The van der Waals surface area contributed by atoms with Crippen LogP contribution in [0, 0.1) is 11.8 Å². The van der Waals surface area contributed by atoms with Gasteiger partial charge in [0, 0.05) is 12.2 Å². The lowest BCUT2D eigenvalue weighted by Gasteiger charge is -2.25. The van der Waals surface area contributed by atoms with Crippen molar-refractivity contribution in [3.8, 4) is 5.75 Å². The van der Waals surface area contributed by atoms with Gasteiger partial charge in [-0.1, -0.05) is 26.7 Å². The molecule has 0 saturated heterocycles. The van der Waals surface area contributed by atoms with E-state index in [0.29, 0.717) is 6.04 Å². The molecule has 1 aromatic heterocycles. The first-order valence-electron chi connectivity index (χ1n) is 8.49. The van der Waals surface area contributed by atoms with E-state index in [0.717, 1.165) is 24.1 Å².